The molecule has 4 rings (SSSR count). The first-order valence-corrected chi connectivity index (χ1v) is 9.58. The summed E-state index contributed by atoms with van der Waals surface area (Å²) in [4.78, 5) is 2.24. The minimum absolute atomic E-state index is 0.173. The third-order valence-corrected chi connectivity index (χ3v) is 7.46. The standard InChI is InChI=1S/C16H20F2N2O2S/c17-15-5-4-14(6-16(15)18)23(21,22)20-9-13(10-20)19-7-11-2-1-3-12(11)8-19/h4-6,11-13H,1-3,7-10H2. The van der Waals surface area contributed by atoms with Gasteiger partial charge in [-0.05, 0) is 42.9 Å². The van der Waals surface area contributed by atoms with E-state index >= 15 is 0 Å². The van der Waals surface area contributed by atoms with Gasteiger partial charge in [-0.25, -0.2) is 17.2 Å². The molecule has 1 saturated carbocycles. The fourth-order valence-corrected chi connectivity index (χ4v) is 5.73. The van der Waals surface area contributed by atoms with E-state index in [2.05, 4.69) is 4.90 Å². The van der Waals surface area contributed by atoms with Crippen molar-refractivity contribution in [3.63, 3.8) is 0 Å². The normalized spacial score (nSPS) is 29.7. The molecule has 0 spiro atoms. The van der Waals surface area contributed by atoms with Gasteiger partial charge in [-0.15, -0.1) is 0 Å². The topological polar surface area (TPSA) is 40.6 Å². The van der Waals surface area contributed by atoms with Crippen molar-refractivity contribution < 1.29 is 17.2 Å². The van der Waals surface area contributed by atoms with Crippen LogP contribution in [0.25, 0.3) is 0 Å². The van der Waals surface area contributed by atoms with Crippen molar-refractivity contribution in [3.8, 4) is 0 Å². The van der Waals surface area contributed by atoms with Gasteiger partial charge in [-0.2, -0.15) is 4.31 Å². The summed E-state index contributed by atoms with van der Waals surface area (Å²) in [6.07, 6.45) is 3.92. The third kappa shape index (κ3) is 2.58. The molecule has 1 aliphatic carbocycles. The molecule has 2 aliphatic heterocycles. The van der Waals surface area contributed by atoms with Crippen LogP contribution in [0.3, 0.4) is 0 Å². The molecule has 0 radical (unpaired) electrons. The molecule has 0 N–H and O–H groups in total. The third-order valence-electron chi connectivity index (χ3n) is 5.63. The number of halogens is 2. The monoisotopic (exact) mass is 342 g/mol. The van der Waals surface area contributed by atoms with Crippen molar-refractivity contribution in [1.82, 2.24) is 9.21 Å². The van der Waals surface area contributed by atoms with E-state index in [1.54, 1.807) is 0 Å². The molecule has 0 bridgehead atoms. The fourth-order valence-electron chi connectivity index (χ4n) is 4.20. The molecule has 2 unspecified atom stereocenters. The Hall–Kier alpha value is -1.05. The van der Waals surface area contributed by atoms with Crippen LogP contribution in [0.15, 0.2) is 23.1 Å². The Labute approximate surface area is 135 Å². The van der Waals surface area contributed by atoms with E-state index in [9.17, 15) is 17.2 Å². The summed E-state index contributed by atoms with van der Waals surface area (Å²) in [5.41, 5.74) is 0. The lowest BCUT2D eigenvalue weighted by Crippen LogP contribution is -2.60. The lowest BCUT2D eigenvalue weighted by molar-refractivity contribution is 0.102. The summed E-state index contributed by atoms with van der Waals surface area (Å²) in [5, 5.41) is 0. The summed E-state index contributed by atoms with van der Waals surface area (Å²) in [6.45, 7) is 3.05. The Balaban J connectivity index is 1.42. The number of hydrogen-bond acceptors (Lipinski definition) is 3. The highest BCUT2D eigenvalue weighted by atomic mass is 32.2. The number of likely N-dealkylation sites (tertiary alicyclic amines) is 1. The number of nitrogens with zero attached hydrogens (tertiary/aromatic N) is 2. The van der Waals surface area contributed by atoms with Gasteiger partial charge in [0, 0.05) is 32.2 Å². The second-order valence-electron chi connectivity index (χ2n) is 6.96. The van der Waals surface area contributed by atoms with Crippen LogP contribution < -0.4 is 0 Å². The van der Waals surface area contributed by atoms with Crippen LogP contribution in [-0.2, 0) is 10.0 Å². The summed E-state index contributed by atoms with van der Waals surface area (Å²) >= 11 is 0. The Morgan fingerprint density at radius 3 is 2.22 bits per heavy atom. The van der Waals surface area contributed by atoms with Gasteiger partial charge < -0.3 is 0 Å². The number of hydrogen-bond donors (Lipinski definition) is 0. The summed E-state index contributed by atoms with van der Waals surface area (Å²) in [6, 6.07) is 3.02. The average molecular weight is 342 g/mol. The maximum atomic E-state index is 13.3. The first-order valence-electron chi connectivity index (χ1n) is 8.14. The largest absolute Gasteiger partial charge is 0.297 e. The van der Waals surface area contributed by atoms with E-state index in [0.29, 0.717) is 13.1 Å². The van der Waals surface area contributed by atoms with Gasteiger partial charge in [0.1, 0.15) is 0 Å². The van der Waals surface area contributed by atoms with Gasteiger partial charge in [0.15, 0.2) is 11.6 Å². The van der Waals surface area contributed by atoms with Crippen LogP contribution in [0.1, 0.15) is 19.3 Å². The molecule has 1 aromatic carbocycles. The first-order chi connectivity index (χ1) is 10.9. The highest BCUT2D eigenvalue weighted by Gasteiger charge is 2.45. The zero-order chi connectivity index (χ0) is 16.2. The molecule has 3 aliphatic rings. The number of sulfonamides is 1. The second kappa shape index (κ2) is 5.50. The molecule has 1 aromatic rings. The molecule has 4 nitrogen and oxygen atoms in total. The van der Waals surface area contributed by atoms with E-state index in [1.807, 2.05) is 0 Å². The Morgan fingerprint density at radius 2 is 1.61 bits per heavy atom. The van der Waals surface area contributed by atoms with Gasteiger partial charge >= 0.3 is 0 Å². The molecule has 2 saturated heterocycles. The first kappa shape index (κ1) is 15.5. The molecule has 23 heavy (non-hydrogen) atoms. The molecule has 3 fully saturated rings. The molecule has 0 aromatic heterocycles. The van der Waals surface area contributed by atoms with Gasteiger partial charge in [-0.3, -0.25) is 4.90 Å². The van der Waals surface area contributed by atoms with Crippen molar-refractivity contribution >= 4 is 10.0 Å². The lowest BCUT2D eigenvalue weighted by Gasteiger charge is -2.43. The second-order valence-corrected chi connectivity index (χ2v) is 8.89. The SMILES string of the molecule is O=S(=O)(c1ccc(F)c(F)c1)N1CC(N2CC3CCCC3C2)C1. The van der Waals surface area contributed by atoms with Gasteiger partial charge in [0.2, 0.25) is 10.0 Å². The predicted molar refractivity (Wildman–Crippen MR) is 81.3 cm³/mol. The minimum Gasteiger partial charge on any atom is -0.297 e. The zero-order valence-electron chi connectivity index (χ0n) is 12.8. The molecule has 126 valence electrons. The Bertz CT molecular complexity index is 707. The van der Waals surface area contributed by atoms with E-state index in [4.69, 9.17) is 0 Å². The van der Waals surface area contributed by atoms with Crippen LogP contribution >= 0.6 is 0 Å². The van der Waals surface area contributed by atoms with E-state index in [1.165, 1.54) is 23.6 Å². The van der Waals surface area contributed by atoms with Crippen molar-refractivity contribution in [2.24, 2.45) is 11.8 Å². The molecular formula is C16H20F2N2O2S. The summed E-state index contributed by atoms with van der Waals surface area (Å²) in [7, 11) is -3.72. The van der Waals surface area contributed by atoms with E-state index in [-0.39, 0.29) is 10.9 Å². The quantitative estimate of drug-likeness (QED) is 0.844. The average Bonchev–Trinajstić information content (AvgIpc) is 3.01. The van der Waals surface area contributed by atoms with Crippen LogP contribution in [-0.4, -0.2) is 49.8 Å². The highest BCUT2D eigenvalue weighted by molar-refractivity contribution is 7.89. The van der Waals surface area contributed by atoms with Crippen molar-refractivity contribution in [2.45, 2.75) is 30.2 Å². The molecular weight excluding hydrogens is 322 g/mol. The van der Waals surface area contributed by atoms with Crippen LogP contribution in [0.4, 0.5) is 8.78 Å². The van der Waals surface area contributed by atoms with Crippen molar-refractivity contribution in [2.75, 3.05) is 26.2 Å². The van der Waals surface area contributed by atoms with Gasteiger partial charge in [-0.1, -0.05) is 6.42 Å². The van der Waals surface area contributed by atoms with Crippen LogP contribution in [0.2, 0.25) is 0 Å². The number of rotatable bonds is 3. The number of fused-ring (bicyclic) bond motifs is 1. The summed E-state index contributed by atoms with van der Waals surface area (Å²) < 4.78 is 52.5. The molecule has 0 amide bonds. The van der Waals surface area contributed by atoms with E-state index < -0.39 is 21.7 Å². The number of benzene rings is 1. The smallest absolute Gasteiger partial charge is 0.243 e. The van der Waals surface area contributed by atoms with Crippen molar-refractivity contribution in [3.05, 3.63) is 29.8 Å². The Kier molecular flexibility index (Phi) is 3.70. The Morgan fingerprint density at radius 1 is 0.957 bits per heavy atom. The van der Waals surface area contributed by atoms with E-state index in [0.717, 1.165) is 43.1 Å². The highest BCUT2D eigenvalue weighted by Crippen LogP contribution is 2.39. The molecule has 7 heteroatoms. The maximum Gasteiger partial charge on any atom is 0.243 e. The van der Waals surface area contributed by atoms with Crippen LogP contribution in [0.5, 0.6) is 0 Å². The van der Waals surface area contributed by atoms with Gasteiger partial charge in [0.05, 0.1) is 4.90 Å². The lowest BCUT2D eigenvalue weighted by atomic mass is 10.0. The maximum absolute atomic E-state index is 13.3. The predicted octanol–water partition coefficient (Wildman–Crippen LogP) is 2.07. The molecule has 2 heterocycles. The fraction of sp³-hybridized carbons (Fsp3) is 0.625. The zero-order valence-corrected chi connectivity index (χ0v) is 13.6. The summed E-state index contributed by atoms with van der Waals surface area (Å²) in [5.74, 6) is -0.594. The van der Waals surface area contributed by atoms with Gasteiger partial charge in [0.25, 0.3) is 0 Å². The van der Waals surface area contributed by atoms with Crippen LogP contribution in [0, 0.1) is 23.5 Å². The minimum atomic E-state index is -3.72. The molecule has 2 atom stereocenters. The van der Waals surface area contributed by atoms with Crippen molar-refractivity contribution in [1.29, 1.82) is 0 Å².